The Morgan fingerprint density at radius 1 is 1.04 bits per heavy atom. The summed E-state index contributed by atoms with van der Waals surface area (Å²) in [4.78, 5) is 4.49. The third-order valence-electron chi connectivity index (χ3n) is 4.76. The maximum absolute atomic E-state index is 6.03. The van der Waals surface area contributed by atoms with E-state index in [-0.39, 0.29) is 6.10 Å². The minimum Gasteiger partial charge on any atom is -0.365 e. The molecule has 1 aliphatic rings. The summed E-state index contributed by atoms with van der Waals surface area (Å²) in [6.07, 6.45) is -0.00610. The van der Waals surface area contributed by atoms with Crippen molar-refractivity contribution in [3.8, 4) is 23.0 Å². The number of ether oxygens (including phenoxy) is 1. The Kier molecular flexibility index (Phi) is 3.83. The molecule has 0 bridgehead atoms. The van der Waals surface area contributed by atoms with E-state index in [0.29, 0.717) is 30.6 Å². The third-order valence-corrected chi connectivity index (χ3v) is 4.76. The molecule has 2 aromatic carbocycles. The molecule has 1 aliphatic heterocycles. The van der Waals surface area contributed by atoms with Gasteiger partial charge in [-0.3, -0.25) is 4.68 Å². The molecular weight excluding hydrogens is 340 g/mol. The minimum atomic E-state index is -0.00610. The Labute approximate surface area is 156 Å². The van der Waals surface area contributed by atoms with E-state index in [1.807, 2.05) is 41.1 Å². The van der Waals surface area contributed by atoms with Crippen LogP contribution in [0, 0.1) is 6.92 Å². The van der Waals surface area contributed by atoms with Crippen molar-refractivity contribution >= 4 is 0 Å². The fourth-order valence-corrected chi connectivity index (χ4v) is 3.24. The van der Waals surface area contributed by atoms with Gasteiger partial charge in [0.2, 0.25) is 5.82 Å². The van der Waals surface area contributed by atoms with Crippen LogP contribution in [-0.2, 0) is 17.9 Å². The molecule has 0 N–H and O–H groups in total. The number of aryl methyl sites for hydroxylation is 1. The summed E-state index contributed by atoms with van der Waals surface area (Å²) in [5.74, 6) is 0.980. The third kappa shape index (κ3) is 3.04. The molecule has 0 aliphatic carbocycles. The van der Waals surface area contributed by atoms with E-state index < -0.39 is 0 Å². The second-order valence-electron chi connectivity index (χ2n) is 6.70. The molecule has 5 rings (SSSR count). The number of rotatable bonds is 3. The molecule has 6 nitrogen and oxygen atoms in total. The molecule has 134 valence electrons. The first-order valence-electron chi connectivity index (χ1n) is 8.91. The summed E-state index contributed by atoms with van der Waals surface area (Å²) in [5.41, 5.74) is 4.99. The highest BCUT2D eigenvalue weighted by atomic mass is 16.5. The molecule has 0 saturated carbocycles. The molecule has 6 heteroatoms. The molecule has 3 heterocycles. The number of fused-ring (bicyclic) bond motifs is 1. The van der Waals surface area contributed by atoms with E-state index in [0.717, 1.165) is 16.8 Å². The Hall–Kier alpha value is -3.25. The van der Waals surface area contributed by atoms with E-state index in [1.54, 1.807) is 0 Å². The number of aromatic nitrogens is 4. The molecule has 4 aromatic rings. The quantitative estimate of drug-likeness (QED) is 0.550. The lowest BCUT2D eigenvalue weighted by atomic mass is 10.1. The maximum Gasteiger partial charge on any atom is 0.278 e. The Morgan fingerprint density at radius 2 is 1.85 bits per heavy atom. The van der Waals surface area contributed by atoms with E-state index in [4.69, 9.17) is 9.26 Å². The highest BCUT2D eigenvalue weighted by Gasteiger charge is 2.24. The van der Waals surface area contributed by atoms with Gasteiger partial charge in [0.15, 0.2) is 5.69 Å². The average molecular weight is 358 g/mol. The number of hydrogen-bond donors (Lipinski definition) is 0. The van der Waals surface area contributed by atoms with Crippen LogP contribution < -0.4 is 0 Å². The zero-order valence-corrected chi connectivity index (χ0v) is 14.9. The van der Waals surface area contributed by atoms with Gasteiger partial charge >= 0.3 is 0 Å². The molecule has 0 amide bonds. The van der Waals surface area contributed by atoms with Crippen molar-refractivity contribution < 1.29 is 9.26 Å². The number of hydrogen-bond acceptors (Lipinski definition) is 5. The van der Waals surface area contributed by atoms with Crippen molar-refractivity contribution in [1.82, 2.24) is 19.9 Å². The number of nitrogens with zero attached hydrogens (tertiary/aromatic N) is 4. The van der Waals surface area contributed by atoms with Gasteiger partial charge in [-0.1, -0.05) is 65.3 Å². The van der Waals surface area contributed by atoms with Crippen LogP contribution in [0.2, 0.25) is 0 Å². The van der Waals surface area contributed by atoms with Crippen molar-refractivity contribution in [2.45, 2.75) is 26.2 Å². The van der Waals surface area contributed by atoms with Gasteiger partial charge in [-0.2, -0.15) is 10.1 Å². The maximum atomic E-state index is 6.03. The minimum absolute atomic E-state index is 0.00610. The largest absolute Gasteiger partial charge is 0.365 e. The van der Waals surface area contributed by atoms with Gasteiger partial charge < -0.3 is 9.26 Å². The summed E-state index contributed by atoms with van der Waals surface area (Å²) in [7, 11) is 0. The lowest BCUT2D eigenvalue weighted by Gasteiger charge is -2.24. The zero-order valence-electron chi connectivity index (χ0n) is 14.9. The van der Waals surface area contributed by atoms with Crippen LogP contribution in [0.1, 0.15) is 22.9 Å². The van der Waals surface area contributed by atoms with Crippen molar-refractivity contribution in [3.05, 3.63) is 77.5 Å². The summed E-state index contributed by atoms with van der Waals surface area (Å²) >= 11 is 0. The molecule has 27 heavy (non-hydrogen) atoms. The van der Waals surface area contributed by atoms with Gasteiger partial charge in [0, 0.05) is 5.56 Å². The van der Waals surface area contributed by atoms with Crippen LogP contribution in [0.25, 0.3) is 23.0 Å². The standard InChI is InChI=1S/C21H18N4O2/c1-14-7-9-15(10-8-14)19-12-25-17(13-26-19)11-18(23-25)21-22-20(24-27-21)16-5-3-2-4-6-16/h2-11,19H,12-13H2,1H3/t19-/m1/s1. The van der Waals surface area contributed by atoms with Crippen molar-refractivity contribution in [2.75, 3.05) is 0 Å². The lowest BCUT2D eigenvalue weighted by Crippen LogP contribution is -2.21. The summed E-state index contributed by atoms with van der Waals surface area (Å²) < 4.78 is 13.4. The molecule has 0 spiro atoms. The SMILES string of the molecule is Cc1ccc([C@H]2Cn3nc(-c4nc(-c5ccccc5)no4)cc3CO2)cc1. The summed E-state index contributed by atoms with van der Waals surface area (Å²) in [5, 5.41) is 8.73. The smallest absolute Gasteiger partial charge is 0.278 e. The normalized spacial score (nSPS) is 16.3. The molecule has 0 radical (unpaired) electrons. The predicted octanol–water partition coefficient (Wildman–Crippen LogP) is 4.18. The second kappa shape index (κ2) is 6.48. The van der Waals surface area contributed by atoms with Crippen LogP contribution in [0.3, 0.4) is 0 Å². The van der Waals surface area contributed by atoms with E-state index in [9.17, 15) is 0 Å². The van der Waals surface area contributed by atoms with Gasteiger partial charge in [0.1, 0.15) is 6.10 Å². The van der Waals surface area contributed by atoms with Gasteiger partial charge in [0.05, 0.1) is 18.8 Å². The monoisotopic (exact) mass is 358 g/mol. The van der Waals surface area contributed by atoms with Crippen molar-refractivity contribution in [3.63, 3.8) is 0 Å². The van der Waals surface area contributed by atoms with Crippen LogP contribution in [0.15, 0.2) is 65.2 Å². The number of benzene rings is 2. The van der Waals surface area contributed by atoms with Gasteiger partial charge in [0.25, 0.3) is 5.89 Å². The van der Waals surface area contributed by atoms with Crippen LogP contribution in [0.5, 0.6) is 0 Å². The van der Waals surface area contributed by atoms with Crippen LogP contribution in [-0.4, -0.2) is 19.9 Å². The second-order valence-corrected chi connectivity index (χ2v) is 6.70. The highest BCUT2D eigenvalue weighted by Crippen LogP contribution is 2.29. The van der Waals surface area contributed by atoms with Crippen molar-refractivity contribution in [2.24, 2.45) is 0 Å². The first-order valence-corrected chi connectivity index (χ1v) is 8.91. The van der Waals surface area contributed by atoms with Crippen molar-refractivity contribution in [1.29, 1.82) is 0 Å². The van der Waals surface area contributed by atoms with Crippen LogP contribution >= 0.6 is 0 Å². The van der Waals surface area contributed by atoms with Gasteiger partial charge in [-0.15, -0.1) is 0 Å². The predicted molar refractivity (Wildman–Crippen MR) is 99.7 cm³/mol. The Morgan fingerprint density at radius 3 is 2.67 bits per heavy atom. The van der Waals surface area contributed by atoms with Crippen LogP contribution in [0.4, 0.5) is 0 Å². The van der Waals surface area contributed by atoms with Gasteiger partial charge in [-0.05, 0) is 18.6 Å². The summed E-state index contributed by atoms with van der Waals surface area (Å²) in [6, 6.07) is 20.1. The molecular formula is C21H18N4O2. The molecule has 0 saturated heterocycles. The lowest BCUT2D eigenvalue weighted by molar-refractivity contribution is -0.00113. The fourth-order valence-electron chi connectivity index (χ4n) is 3.24. The first kappa shape index (κ1) is 16.0. The zero-order chi connectivity index (χ0) is 18.2. The molecule has 0 unspecified atom stereocenters. The first-order chi connectivity index (χ1) is 13.3. The topological polar surface area (TPSA) is 66.0 Å². The Balaban J connectivity index is 1.40. The Bertz CT molecular complexity index is 1070. The molecule has 2 aromatic heterocycles. The van der Waals surface area contributed by atoms with E-state index in [1.165, 1.54) is 5.56 Å². The fraction of sp³-hybridized carbons (Fsp3) is 0.190. The highest BCUT2D eigenvalue weighted by molar-refractivity contribution is 5.57. The summed E-state index contributed by atoms with van der Waals surface area (Å²) in [6.45, 7) is 3.25. The molecule has 1 atom stereocenters. The van der Waals surface area contributed by atoms with Gasteiger partial charge in [-0.25, -0.2) is 0 Å². The molecule has 0 fully saturated rings. The average Bonchev–Trinajstić information content (AvgIpc) is 3.36. The van der Waals surface area contributed by atoms with E-state index >= 15 is 0 Å². The van der Waals surface area contributed by atoms with E-state index in [2.05, 4.69) is 46.4 Å².